The van der Waals surface area contributed by atoms with E-state index in [-0.39, 0.29) is 11.5 Å². The Hall–Kier alpha value is -1.30. The van der Waals surface area contributed by atoms with Gasteiger partial charge in [-0.2, -0.15) is 0 Å². The van der Waals surface area contributed by atoms with Crippen molar-refractivity contribution in [2.75, 3.05) is 31.1 Å². The van der Waals surface area contributed by atoms with Crippen LogP contribution in [0.4, 0.5) is 10.5 Å². The monoisotopic (exact) mass is 353 g/mol. The third kappa shape index (κ3) is 3.00. The van der Waals surface area contributed by atoms with E-state index in [1.807, 2.05) is 33.0 Å². The average Bonchev–Trinajstić information content (AvgIpc) is 2.25. The van der Waals surface area contributed by atoms with Crippen LogP contribution in [-0.2, 0) is 4.74 Å². The van der Waals surface area contributed by atoms with Gasteiger partial charge in [-0.15, -0.1) is 0 Å². The Kier molecular flexibility index (Phi) is 3.39. The molecule has 0 aromatic carbocycles. The number of anilines is 1. The molecule has 0 unspecified atom stereocenters. The molecule has 0 aliphatic carbocycles. The quantitative estimate of drug-likeness (QED) is 0.728. The molecule has 0 N–H and O–H groups in total. The summed E-state index contributed by atoms with van der Waals surface area (Å²) in [5.74, 6) is 0. The topological polar surface area (TPSA) is 45.7 Å². The van der Waals surface area contributed by atoms with Crippen LogP contribution in [0.15, 0.2) is 22.9 Å². The second kappa shape index (κ2) is 4.87. The first kappa shape index (κ1) is 14.6. The summed E-state index contributed by atoms with van der Waals surface area (Å²) in [4.78, 5) is 20.3. The standard InChI is InChI=1S/C15H20BrN3O2/c1-14(2,3)21-13(20)19-9-15(10-19)7-18(8-15)11-4-5-12(16)17-6-11/h4-6H,7-10H2,1-3H3. The lowest BCUT2D eigenvalue weighted by atomic mass is 9.73. The predicted molar refractivity (Wildman–Crippen MR) is 84.4 cm³/mol. The first-order valence-corrected chi connectivity index (χ1v) is 7.90. The van der Waals surface area contributed by atoms with Crippen LogP contribution in [0.3, 0.4) is 0 Å². The number of hydrogen-bond acceptors (Lipinski definition) is 4. The van der Waals surface area contributed by atoms with Gasteiger partial charge in [-0.1, -0.05) is 0 Å². The largest absolute Gasteiger partial charge is 0.444 e. The molecule has 2 saturated heterocycles. The summed E-state index contributed by atoms with van der Waals surface area (Å²) in [6, 6.07) is 4.02. The van der Waals surface area contributed by atoms with Crippen molar-refractivity contribution in [2.45, 2.75) is 26.4 Å². The number of pyridine rings is 1. The maximum Gasteiger partial charge on any atom is 0.410 e. The molecule has 6 heteroatoms. The molecule has 1 amide bonds. The van der Waals surface area contributed by atoms with Gasteiger partial charge < -0.3 is 14.5 Å². The van der Waals surface area contributed by atoms with Crippen molar-refractivity contribution >= 4 is 27.7 Å². The van der Waals surface area contributed by atoms with Gasteiger partial charge in [0.25, 0.3) is 0 Å². The van der Waals surface area contributed by atoms with Gasteiger partial charge in [0.05, 0.1) is 11.9 Å². The van der Waals surface area contributed by atoms with E-state index in [0.29, 0.717) is 0 Å². The number of rotatable bonds is 1. The number of amides is 1. The number of ether oxygens (including phenoxy) is 1. The first-order valence-electron chi connectivity index (χ1n) is 7.11. The summed E-state index contributed by atoms with van der Waals surface area (Å²) < 4.78 is 6.23. The molecule has 3 rings (SSSR count). The molecular formula is C15H20BrN3O2. The summed E-state index contributed by atoms with van der Waals surface area (Å²) >= 11 is 3.34. The van der Waals surface area contributed by atoms with Gasteiger partial charge in [-0.3, -0.25) is 0 Å². The van der Waals surface area contributed by atoms with Crippen molar-refractivity contribution < 1.29 is 9.53 Å². The van der Waals surface area contributed by atoms with Gasteiger partial charge in [0.1, 0.15) is 10.2 Å². The second-order valence-corrected chi connectivity index (χ2v) is 7.84. The molecule has 1 aromatic heterocycles. The van der Waals surface area contributed by atoms with E-state index in [1.165, 1.54) is 0 Å². The zero-order valence-electron chi connectivity index (χ0n) is 12.6. The van der Waals surface area contributed by atoms with Gasteiger partial charge in [-0.25, -0.2) is 9.78 Å². The molecule has 21 heavy (non-hydrogen) atoms. The molecule has 114 valence electrons. The van der Waals surface area contributed by atoms with E-state index in [4.69, 9.17) is 4.74 Å². The SMILES string of the molecule is CC(C)(C)OC(=O)N1CC2(C1)CN(c1ccc(Br)nc1)C2. The maximum absolute atomic E-state index is 11.9. The minimum Gasteiger partial charge on any atom is -0.444 e. The number of carbonyl (C=O) groups excluding carboxylic acids is 1. The number of likely N-dealkylation sites (tertiary alicyclic amines) is 1. The Balaban J connectivity index is 1.50. The number of carbonyl (C=O) groups is 1. The van der Waals surface area contributed by atoms with Crippen LogP contribution in [0.5, 0.6) is 0 Å². The fourth-order valence-electron chi connectivity index (χ4n) is 2.92. The molecule has 2 aliphatic heterocycles. The van der Waals surface area contributed by atoms with Crippen molar-refractivity contribution in [2.24, 2.45) is 5.41 Å². The Bertz CT molecular complexity index is 539. The lowest BCUT2D eigenvalue weighted by Crippen LogP contribution is -2.73. The van der Waals surface area contributed by atoms with E-state index in [2.05, 4.69) is 31.9 Å². The fourth-order valence-corrected chi connectivity index (χ4v) is 3.15. The maximum atomic E-state index is 11.9. The van der Waals surface area contributed by atoms with E-state index in [1.54, 1.807) is 4.90 Å². The molecule has 0 bridgehead atoms. The third-order valence-electron chi connectivity index (χ3n) is 3.83. The van der Waals surface area contributed by atoms with Crippen molar-refractivity contribution in [1.82, 2.24) is 9.88 Å². The van der Waals surface area contributed by atoms with Gasteiger partial charge in [0.2, 0.25) is 0 Å². The summed E-state index contributed by atoms with van der Waals surface area (Å²) in [6.07, 6.45) is 1.68. The highest BCUT2D eigenvalue weighted by Gasteiger charge is 2.54. The molecule has 0 saturated carbocycles. The Labute approximate surface area is 133 Å². The number of aromatic nitrogens is 1. The Morgan fingerprint density at radius 2 is 1.95 bits per heavy atom. The normalized spacial score (nSPS) is 20.0. The average molecular weight is 354 g/mol. The molecule has 2 fully saturated rings. The summed E-state index contributed by atoms with van der Waals surface area (Å²) in [7, 11) is 0. The van der Waals surface area contributed by atoms with Crippen molar-refractivity contribution in [3.63, 3.8) is 0 Å². The van der Waals surface area contributed by atoms with Crippen LogP contribution >= 0.6 is 15.9 Å². The van der Waals surface area contributed by atoms with E-state index < -0.39 is 5.60 Å². The summed E-state index contributed by atoms with van der Waals surface area (Å²) in [6.45, 7) is 9.24. The zero-order valence-corrected chi connectivity index (χ0v) is 14.2. The molecule has 0 atom stereocenters. The highest BCUT2D eigenvalue weighted by molar-refractivity contribution is 9.10. The minimum absolute atomic E-state index is 0.197. The zero-order chi connectivity index (χ0) is 15.3. The van der Waals surface area contributed by atoms with Crippen molar-refractivity contribution in [3.8, 4) is 0 Å². The molecule has 5 nitrogen and oxygen atoms in total. The Morgan fingerprint density at radius 1 is 1.29 bits per heavy atom. The number of nitrogens with zero attached hydrogens (tertiary/aromatic N) is 3. The molecule has 3 heterocycles. The lowest BCUT2D eigenvalue weighted by molar-refractivity contribution is -0.0453. The van der Waals surface area contributed by atoms with Gasteiger partial charge >= 0.3 is 6.09 Å². The summed E-state index contributed by atoms with van der Waals surface area (Å²) in [5.41, 5.74) is 0.970. The van der Waals surface area contributed by atoms with Crippen LogP contribution in [0.2, 0.25) is 0 Å². The van der Waals surface area contributed by atoms with Crippen LogP contribution in [0, 0.1) is 5.41 Å². The molecule has 0 radical (unpaired) electrons. The molecule has 1 spiro atoms. The molecule has 1 aromatic rings. The van der Waals surface area contributed by atoms with Crippen LogP contribution in [0.1, 0.15) is 20.8 Å². The van der Waals surface area contributed by atoms with E-state index in [0.717, 1.165) is 36.5 Å². The van der Waals surface area contributed by atoms with Crippen molar-refractivity contribution in [1.29, 1.82) is 0 Å². The minimum atomic E-state index is -0.422. The molecular weight excluding hydrogens is 334 g/mol. The fraction of sp³-hybridized carbons (Fsp3) is 0.600. The highest BCUT2D eigenvalue weighted by atomic mass is 79.9. The first-order chi connectivity index (χ1) is 9.76. The number of halogens is 1. The highest BCUT2D eigenvalue weighted by Crippen LogP contribution is 2.42. The van der Waals surface area contributed by atoms with E-state index >= 15 is 0 Å². The van der Waals surface area contributed by atoms with E-state index in [9.17, 15) is 4.79 Å². The van der Waals surface area contributed by atoms with Crippen LogP contribution < -0.4 is 4.90 Å². The molecule has 2 aliphatic rings. The smallest absolute Gasteiger partial charge is 0.410 e. The van der Waals surface area contributed by atoms with Crippen molar-refractivity contribution in [3.05, 3.63) is 22.9 Å². The van der Waals surface area contributed by atoms with Gasteiger partial charge in [-0.05, 0) is 48.8 Å². The van der Waals surface area contributed by atoms with Gasteiger partial charge in [0.15, 0.2) is 0 Å². The summed E-state index contributed by atoms with van der Waals surface area (Å²) in [5, 5.41) is 0. The predicted octanol–water partition coefficient (Wildman–Crippen LogP) is 2.90. The van der Waals surface area contributed by atoms with Gasteiger partial charge in [0, 0.05) is 31.6 Å². The van der Waals surface area contributed by atoms with Crippen LogP contribution in [0.25, 0.3) is 0 Å². The Morgan fingerprint density at radius 3 is 2.48 bits per heavy atom. The lowest BCUT2D eigenvalue weighted by Gasteiger charge is -2.60. The number of hydrogen-bond donors (Lipinski definition) is 0. The van der Waals surface area contributed by atoms with Crippen LogP contribution in [-0.4, -0.2) is 47.8 Å². The second-order valence-electron chi connectivity index (χ2n) is 7.03. The third-order valence-corrected chi connectivity index (χ3v) is 4.30.